The minimum atomic E-state index is -0.580. The molecule has 10 heteroatoms. The molecule has 1 heterocycles. The number of carbonyl (C=O) groups is 2. The SMILES string of the molecule is CC(=O)N1CCN(c2c(Cl)cccc2NC(=O)/C=C/c2ccc(Cl)c([N+](=O)[O-])c2)CC1. The van der Waals surface area contributed by atoms with Crippen LogP contribution in [0.2, 0.25) is 10.0 Å². The zero-order valence-electron chi connectivity index (χ0n) is 16.7. The molecular weight excluding hydrogens is 443 g/mol. The first-order chi connectivity index (χ1) is 14.8. The van der Waals surface area contributed by atoms with Crippen molar-refractivity contribution in [1.29, 1.82) is 0 Å². The zero-order valence-corrected chi connectivity index (χ0v) is 18.2. The van der Waals surface area contributed by atoms with Gasteiger partial charge in [0.05, 0.1) is 21.3 Å². The number of anilines is 2. The molecule has 0 bridgehead atoms. The van der Waals surface area contributed by atoms with Gasteiger partial charge in [0.25, 0.3) is 5.69 Å². The van der Waals surface area contributed by atoms with Crippen LogP contribution in [-0.2, 0) is 9.59 Å². The number of carbonyl (C=O) groups excluding carboxylic acids is 2. The van der Waals surface area contributed by atoms with E-state index in [9.17, 15) is 19.7 Å². The Bertz CT molecular complexity index is 1050. The van der Waals surface area contributed by atoms with Gasteiger partial charge in [0, 0.05) is 45.2 Å². The number of hydrogen-bond acceptors (Lipinski definition) is 5. The van der Waals surface area contributed by atoms with E-state index in [2.05, 4.69) is 5.32 Å². The van der Waals surface area contributed by atoms with Gasteiger partial charge in [-0.25, -0.2) is 0 Å². The highest BCUT2D eigenvalue weighted by molar-refractivity contribution is 6.34. The van der Waals surface area contributed by atoms with Crippen LogP contribution in [0.1, 0.15) is 12.5 Å². The van der Waals surface area contributed by atoms with E-state index in [1.54, 1.807) is 36.1 Å². The second kappa shape index (κ2) is 9.80. The standard InChI is InChI=1S/C21H20Cl2N4O4/c1-14(28)25-9-11-26(12-10-25)21-17(23)3-2-4-18(21)24-20(29)8-6-15-5-7-16(22)19(13-15)27(30)31/h2-8,13H,9-12H2,1H3,(H,24,29)/b8-6+. The summed E-state index contributed by atoms with van der Waals surface area (Å²) in [6.45, 7) is 3.87. The van der Waals surface area contributed by atoms with Crippen molar-refractivity contribution in [3.8, 4) is 0 Å². The van der Waals surface area contributed by atoms with E-state index in [4.69, 9.17) is 23.2 Å². The number of nitro benzene ring substituents is 1. The lowest BCUT2D eigenvalue weighted by molar-refractivity contribution is -0.384. The molecule has 0 aliphatic carbocycles. The maximum Gasteiger partial charge on any atom is 0.288 e. The fourth-order valence-electron chi connectivity index (χ4n) is 3.30. The highest BCUT2D eigenvalue weighted by Gasteiger charge is 2.23. The van der Waals surface area contributed by atoms with Crippen LogP contribution in [0.15, 0.2) is 42.5 Å². The number of piperazine rings is 1. The first kappa shape index (κ1) is 22.6. The Hall–Kier alpha value is -3.10. The summed E-state index contributed by atoms with van der Waals surface area (Å²) in [5.74, 6) is -0.386. The Kier molecular flexibility index (Phi) is 7.14. The maximum atomic E-state index is 12.5. The van der Waals surface area contributed by atoms with E-state index in [1.807, 2.05) is 4.90 Å². The molecule has 2 aromatic rings. The van der Waals surface area contributed by atoms with Gasteiger partial charge in [0.15, 0.2) is 0 Å². The number of benzene rings is 2. The lowest BCUT2D eigenvalue weighted by Crippen LogP contribution is -2.48. The van der Waals surface area contributed by atoms with Crippen molar-refractivity contribution in [1.82, 2.24) is 4.90 Å². The number of halogens is 2. The molecule has 0 unspecified atom stereocenters. The van der Waals surface area contributed by atoms with E-state index in [0.29, 0.717) is 48.1 Å². The van der Waals surface area contributed by atoms with Crippen molar-refractivity contribution in [2.75, 3.05) is 36.4 Å². The molecule has 2 aromatic carbocycles. The highest BCUT2D eigenvalue weighted by Crippen LogP contribution is 2.34. The van der Waals surface area contributed by atoms with Crippen LogP contribution in [0.3, 0.4) is 0 Å². The summed E-state index contributed by atoms with van der Waals surface area (Å²) in [7, 11) is 0. The summed E-state index contributed by atoms with van der Waals surface area (Å²) in [5, 5.41) is 14.3. The maximum absolute atomic E-state index is 12.5. The fraction of sp³-hybridized carbons (Fsp3) is 0.238. The van der Waals surface area contributed by atoms with Crippen molar-refractivity contribution in [2.24, 2.45) is 0 Å². The smallest absolute Gasteiger partial charge is 0.288 e. The molecule has 0 radical (unpaired) electrons. The van der Waals surface area contributed by atoms with Crippen molar-refractivity contribution in [3.05, 3.63) is 68.2 Å². The summed E-state index contributed by atoms with van der Waals surface area (Å²) >= 11 is 12.2. The topological polar surface area (TPSA) is 95.8 Å². The Morgan fingerprint density at radius 1 is 1.10 bits per heavy atom. The highest BCUT2D eigenvalue weighted by atomic mass is 35.5. The molecule has 0 spiro atoms. The van der Waals surface area contributed by atoms with Crippen LogP contribution >= 0.6 is 23.2 Å². The molecule has 1 fully saturated rings. The summed E-state index contributed by atoms with van der Waals surface area (Å²) in [6, 6.07) is 9.51. The molecule has 3 rings (SSSR count). The van der Waals surface area contributed by atoms with Gasteiger partial charge in [-0.3, -0.25) is 19.7 Å². The number of nitrogens with one attached hydrogen (secondary N) is 1. The van der Waals surface area contributed by atoms with Crippen molar-refractivity contribution in [3.63, 3.8) is 0 Å². The molecule has 0 saturated carbocycles. The Morgan fingerprint density at radius 3 is 2.45 bits per heavy atom. The van der Waals surface area contributed by atoms with Crippen LogP contribution in [0.4, 0.5) is 17.1 Å². The second-order valence-electron chi connectivity index (χ2n) is 6.92. The minimum Gasteiger partial charge on any atom is -0.365 e. The fourth-order valence-corrected chi connectivity index (χ4v) is 3.78. The molecule has 2 amide bonds. The number of rotatable bonds is 5. The van der Waals surface area contributed by atoms with Gasteiger partial charge in [0.2, 0.25) is 11.8 Å². The average Bonchev–Trinajstić information content (AvgIpc) is 2.73. The van der Waals surface area contributed by atoms with Crippen LogP contribution in [0, 0.1) is 10.1 Å². The van der Waals surface area contributed by atoms with Gasteiger partial charge in [-0.15, -0.1) is 0 Å². The first-order valence-electron chi connectivity index (χ1n) is 9.48. The predicted molar refractivity (Wildman–Crippen MR) is 122 cm³/mol. The minimum absolute atomic E-state index is 0.0277. The zero-order chi connectivity index (χ0) is 22.5. The van der Waals surface area contributed by atoms with E-state index >= 15 is 0 Å². The number of amides is 2. The molecule has 1 saturated heterocycles. The van der Waals surface area contributed by atoms with Crippen LogP contribution in [0.5, 0.6) is 0 Å². The third-order valence-electron chi connectivity index (χ3n) is 4.88. The first-order valence-corrected chi connectivity index (χ1v) is 10.2. The molecule has 1 aliphatic heterocycles. The van der Waals surface area contributed by atoms with Gasteiger partial charge in [-0.1, -0.05) is 35.3 Å². The molecule has 31 heavy (non-hydrogen) atoms. The number of hydrogen-bond donors (Lipinski definition) is 1. The number of nitrogens with zero attached hydrogens (tertiary/aromatic N) is 3. The predicted octanol–water partition coefficient (Wildman–Crippen LogP) is 4.22. The van der Waals surface area contributed by atoms with Gasteiger partial charge in [0.1, 0.15) is 5.02 Å². The van der Waals surface area contributed by atoms with Crippen molar-refractivity contribution < 1.29 is 14.5 Å². The number of nitro groups is 1. The molecule has 162 valence electrons. The lowest BCUT2D eigenvalue weighted by atomic mass is 10.2. The molecule has 8 nitrogen and oxygen atoms in total. The third-order valence-corrected chi connectivity index (χ3v) is 5.50. The van der Waals surface area contributed by atoms with Crippen LogP contribution < -0.4 is 10.2 Å². The Morgan fingerprint density at radius 2 is 1.81 bits per heavy atom. The van der Waals surface area contributed by atoms with Crippen LogP contribution in [-0.4, -0.2) is 47.8 Å². The van der Waals surface area contributed by atoms with Crippen molar-refractivity contribution in [2.45, 2.75) is 6.92 Å². The van der Waals surface area contributed by atoms with E-state index in [1.165, 1.54) is 24.3 Å². The van der Waals surface area contributed by atoms with E-state index < -0.39 is 10.8 Å². The number of para-hydroxylation sites is 1. The summed E-state index contributed by atoms with van der Waals surface area (Å²) in [4.78, 5) is 38.3. The van der Waals surface area contributed by atoms with Gasteiger partial charge in [-0.05, 0) is 29.8 Å². The monoisotopic (exact) mass is 462 g/mol. The molecule has 1 aliphatic rings. The third kappa shape index (κ3) is 5.53. The molecular formula is C21H20Cl2N4O4. The largest absolute Gasteiger partial charge is 0.365 e. The van der Waals surface area contributed by atoms with Gasteiger partial charge in [-0.2, -0.15) is 0 Å². The lowest BCUT2D eigenvalue weighted by Gasteiger charge is -2.36. The van der Waals surface area contributed by atoms with E-state index in [0.717, 1.165) is 0 Å². The Balaban J connectivity index is 1.74. The van der Waals surface area contributed by atoms with Gasteiger partial charge < -0.3 is 15.1 Å². The average molecular weight is 463 g/mol. The normalized spacial score (nSPS) is 14.0. The summed E-state index contributed by atoms with van der Waals surface area (Å²) in [6.07, 6.45) is 2.75. The summed E-state index contributed by atoms with van der Waals surface area (Å²) < 4.78 is 0. The van der Waals surface area contributed by atoms with Gasteiger partial charge >= 0.3 is 0 Å². The van der Waals surface area contributed by atoms with E-state index in [-0.39, 0.29) is 16.6 Å². The molecule has 0 atom stereocenters. The molecule has 1 N–H and O–H groups in total. The van der Waals surface area contributed by atoms with Crippen LogP contribution in [0.25, 0.3) is 6.08 Å². The molecule has 0 aromatic heterocycles. The Labute approximate surface area is 189 Å². The van der Waals surface area contributed by atoms with Crippen molar-refractivity contribution >= 4 is 58.2 Å². The quantitative estimate of drug-likeness (QED) is 0.407. The second-order valence-corrected chi connectivity index (χ2v) is 7.73. The summed E-state index contributed by atoms with van der Waals surface area (Å²) in [5.41, 5.74) is 1.47.